The van der Waals surface area contributed by atoms with Crippen LogP contribution in [0, 0.1) is 5.41 Å². The zero-order valence-corrected chi connectivity index (χ0v) is 13.4. The van der Waals surface area contributed by atoms with Gasteiger partial charge in [0.1, 0.15) is 0 Å². The molecular formula is C16H30N2O3. The smallest absolute Gasteiger partial charge is 0.315 e. The molecule has 2 amide bonds. The van der Waals surface area contributed by atoms with Crippen LogP contribution >= 0.6 is 0 Å². The third-order valence-electron chi connectivity index (χ3n) is 4.44. The lowest BCUT2D eigenvalue weighted by molar-refractivity contribution is -0.141. The van der Waals surface area contributed by atoms with Crippen LogP contribution in [0.4, 0.5) is 4.79 Å². The van der Waals surface area contributed by atoms with Crippen LogP contribution < -0.4 is 10.6 Å². The molecule has 0 aromatic rings. The molecule has 0 bridgehead atoms. The van der Waals surface area contributed by atoms with E-state index in [4.69, 9.17) is 5.11 Å². The van der Waals surface area contributed by atoms with Crippen molar-refractivity contribution in [1.82, 2.24) is 10.6 Å². The third kappa shape index (κ3) is 6.36. The van der Waals surface area contributed by atoms with Crippen molar-refractivity contribution >= 4 is 12.0 Å². The Morgan fingerprint density at radius 2 is 1.90 bits per heavy atom. The van der Waals surface area contributed by atoms with Gasteiger partial charge < -0.3 is 15.7 Å². The fourth-order valence-corrected chi connectivity index (χ4v) is 3.01. The predicted molar refractivity (Wildman–Crippen MR) is 83.3 cm³/mol. The summed E-state index contributed by atoms with van der Waals surface area (Å²) in [7, 11) is 0. The van der Waals surface area contributed by atoms with E-state index in [2.05, 4.69) is 24.5 Å². The number of carbonyl (C=O) groups is 2. The molecule has 21 heavy (non-hydrogen) atoms. The number of hydrogen-bond acceptors (Lipinski definition) is 2. The topological polar surface area (TPSA) is 78.4 Å². The molecule has 1 aliphatic rings. The van der Waals surface area contributed by atoms with Gasteiger partial charge in [-0.15, -0.1) is 0 Å². The fraction of sp³-hybridized carbons (Fsp3) is 0.875. The summed E-state index contributed by atoms with van der Waals surface area (Å²) in [5.74, 6) is -0.774. The van der Waals surface area contributed by atoms with Crippen LogP contribution in [0.25, 0.3) is 0 Å². The first kappa shape index (κ1) is 17.8. The Bertz CT molecular complexity index is 340. The van der Waals surface area contributed by atoms with Gasteiger partial charge in [-0.2, -0.15) is 0 Å². The summed E-state index contributed by atoms with van der Waals surface area (Å²) < 4.78 is 0. The van der Waals surface area contributed by atoms with E-state index >= 15 is 0 Å². The van der Waals surface area contributed by atoms with Crippen molar-refractivity contribution in [2.45, 2.75) is 77.7 Å². The second-order valence-corrected chi connectivity index (χ2v) is 6.38. The van der Waals surface area contributed by atoms with Gasteiger partial charge in [-0.1, -0.05) is 39.5 Å². The Balaban J connectivity index is 2.35. The maximum absolute atomic E-state index is 12.0. The van der Waals surface area contributed by atoms with Gasteiger partial charge >= 0.3 is 12.0 Å². The van der Waals surface area contributed by atoms with Crippen LogP contribution in [0.2, 0.25) is 0 Å². The van der Waals surface area contributed by atoms with Crippen molar-refractivity contribution in [2.75, 3.05) is 6.54 Å². The summed E-state index contributed by atoms with van der Waals surface area (Å²) >= 11 is 0. The van der Waals surface area contributed by atoms with E-state index in [0.717, 1.165) is 51.4 Å². The Labute approximate surface area is 127 Å². The van der Waals surface area contributed by atoms with E-state index < -0.39 is 5.97 Å². The molecule has 1 aliphatic carbocycles. The van der Waals surface area contributed by atoms with E-state index in [0.29, 0.717) is 6.54 Å². The van der Waals surface area contributed by atoms with Crippen molar-refractivity contribution in [3.05, 3.63) is 0 Å². The van der Waals surface area contributed by atoms with Crippen LogP contribution in [0.3, 0.4) is 0 Å². The molecule has 3 N–H and O–H groups in total. The van der Waals surface area contributed by atoms with Gasteiger partial charge in [-0.25, -0.2) is 4.79 Å². The first-order valence-electron chi connectivity index (χ1n) is 8.27. The number of carboxylic acids is 1. The lowest BCUT2D eigenvalue weighted by Gasteiger charge is -2.40. The number of amides is 2. The van der Waals surface area contributed by atoms with Crippen LogP contribution in [0.1, 0.15) is 71.6 Å². The molecule has 0 aromatic heterocycles. The lowest BCUT2D eigenvalue weighted by atomic mass is 9.66. The van der Waals surface area contributed by atoms with Crippen molar-refractivity contribution in [2.24, 2.45) is 5.41 Å². The standard InChI is InChI=1S/C16H30N2O3/c1-3-5-8-13(7-4-2)18-15(21)17-12-16(9-6-10-16)11-14(19)20/h13H,3-12H2,1-2H3,(H,19,20)(H2,17,18,21). The Morgan fingerprint density at radius 1 is 1.19 bits per heavy atom. The highest BCUT2D eigenvalue weighted by Crippen LogP contribution is 2.43. The summed E-state index contributed by atoms with van der Waals surface area (Å²) in [6.07, 6.45) is 8.32. The van der Waals surface area contributed by atoms with Gasteiger partial charge in [-0.3, -0.25) is 4.79 Å². The minimum Gasteiger partial charge on any atom is -0.481 e. The first-order valence-corrected chi connectivity index (χ1v) is 8.27. The average Bonchev–Trinajstić information content (AvgIpc) is 2.38. The number of urea groups is 1. The number of nitrogens with one attached hydrogen (secondary N) is 2. The van der Waals surface area contributed by atoms with E-state index in [1.54, 1.807) is 0 Å². The Hall–Kier alpha value is -1.26. The summed E-state index contributed by atoms with van der Waals surface area (Å²) in [5, 5.41) is 14.9. The lowest BCUT2D eigenvalue weighted by Crippen LogP contribution is -2.48. The zero-order chi connectivity index (χ0) is 15.7. The van der Waals surface area contributed by atoms with Gasteiger partial charge in [0, 0.05) is 12.6 Å². The normalized spacial score (nSPS) is 17.6. The molecular weight excluding hydrogens is 268 g/mol. The van der Waals surface area contributed by atoms with Crippen molar-refractivity contribution in [3.63, 3.8) is 0 Å². The van der Waals surface area contributed by atoms with Crippen molar-refractivity contribution < 1.29 is 14.7 Å². The van der Waals surface area contributed by atoms with E-state index in [-0.39, 0.29) is 23.9 Å². The Morgan fingerprint density at radius 3 is 2.38 bits per heavy atom. The highest BCUT2D eigenvalue weighted by atomic mass is 16.4. The molecule has 122 valence electrons. The minimum atomic E-state index is -0.774. The van der Waals surface area contributed by atoms with Crippen LogP contribution in [0.15, 0.2) is 0 Å². The van der Waals surface area contributed by atoms with Crippen LogP contribution in [-0.4, -0.2) is 29.7 Å². The number of aliphatic carboxylic acids is 1. The summed E-state index contributed by atoms with van der Waals surface area (Å²) in [6, 6.07) is 0.0768. The summed E-state index contributed by atoms with van der Waals surface area (Å²) in [5.41, 5.74) is -0.215. The average molecular weight is 298 g/mol. The highest BCUT2D eigenvalue weighted by Gasteiger charge is 2.39. The number of carbonyl (C=O) groups excluding carboxylic acids is 1. The summed E-state index contributed by atoms with van der Waals surface area (Å²) in [6.45, 7) is 4.74. The van der Waals surface area contributed by atoms with E-state index in [1.807, 2.05) is 0 Å². The third-order valence-corrected chi connectivity index (χ3v) is 4.44. The van der Waals surface area contributed by atoms with Gasteiger partial charge in [0.2, 0.25) is 0 Å². The molecule has 1 saturated carbocycles. The monoisotopic (exact) mass is 298 g/mol. The largest absolute Gasteiger partial charge is 0.481 e. The molecule has 5 nitrogen and oxygen atoms in total. The number of unbranched alkanes of at least 4 members (excludes halogenated alkanes) is 1. The molecule has 0 saturated heterocycles. The van der Waals surface area contributed by atoms with Gasteiger partial charge in [-0.05, 0) is 31.1 Å². The molecule has 5 heteroatoms. The summed E-state index contributed by atoms with van der Waals surface area (Å²) in [4.78, 5) is 22.9. The van der Waals surface area contributed by atoms with Crippen molar-refractivity contribution in [3.8, 4) is 0 Å². The second-order valence-electron chi connectivity index (χ2n) is 6.38. The molecule has 0 aromatic carbocycles. The van der Waals surface area contributed by atoms with Gasteiger partial charge in [0.05, 0.1) is 6.42 Å². The first-order chi connectivity index (χ1) is 10.0. The quantitative estimate of drug-likeness (QED) is 0.579. The maximum atomic E-state index is 12.0. The fourth-order valence-electron chi connectivity index (χ4n) is 3.01. The SMILES string of the molecule is CCCCC(CCC)NC(=O)NCC1(CC(=O)O)CCC1. The molecule has 1 fully saturated rings. The number of carboxylic acid groups (broad SMARTS) is 1. The molecule has 1 unspecified atom stereocenters. The van der Waals surface area contributed by atoms with E-state index in [9.17, 15) is 9.59 Å². The van der Waals surface area contributed by atoms with Gasteiger partial charge in [0.15, 0.2) is 0 Å². The molecule has 0 radical (unpaired) electrons. The van der Waals surface area contributed by atoms with Crippen LogP contribution in [0.5, 0.6) is 0 Å². The second kappa shape index (κ2) is 8.90. The predicted octanol–water partition coefficient (Wildman–Crippen LogP) is 3.29. The molecule has 0 heterocycles. The zero-order valence-electron chi connectivity index (χ0n) is 13.4. The van der Waals surface area contributed by atoms with Crippen LogP contribution in [-0.2, 0) is 4.79 Å². The van der Waals surface area contributed by atoms with Crippen molar-refractivity contribution in [1.29, 1.82) is 0 Å². The highest BCUT2D eigenvalue weighted by molar-refractivity contribution is 5.74. The molecule has 0 spiro atoms. The number of hydrogen-bond donors (Lipinski definition) is 3. The maximum Gasteiger partial charge on any atom is 0.315 e. The number of rotatable bonds is 10. The Kier molecular flexibility index (Phi) is 7.54. The molecule has 0 aliphatic heterocycles. The minimum absolute atomic E-state index is 0.152. The molecule has 1 atom stereocenters. The molecule has 1 rings (SSSR count). The van der Waals surface area contributed by atoms with Gasteiger partial charge in [0.25, 0.3) is 0 Å². The van der Waals surface area contributed by atoms with E-state index in [1.165, 1.54) is 0 Å².